The molecule has 0 spiro atoms. The maximum atomic E-state index is 11.7. The van der Waals surface area contributed by atoms with Crippen LogP contribution in [0, 0.1) is 0 Å². The summed E-state index contributed by atoms with van der Waals surface area (Å²) >= 11 is 0. The van der Waals surface area contributed by atoms with E-state index in [1.807, 2.05) is 0 Å². The van der Waals surface area contributed by atoms with Crippen molar-refractivity contribution in [2.24, 2.45) is 0 Å². The van der Waals surface area contributed by atoms with Gasteiger partial charge >= 0.3 is 12.6 Å². The van der Waals surface area contributed by atoms with Crippen molar-refractivity contribution in [1.82, 2.24) is 0 Å². The molecule has 82 valence electrons. The highest BCUT2D eigenvalue weighted by molar-refractivity contribution is 5.88. The van der Waals surface area contributed by atoms with Crippen LogP contribution < -0.4 is 0 Å². The third-order valence-corrected chi connectivity index (χ3v) is 1.70. The fourth-order valence-corrected chi connectivity index (χ4v) is 0.972. The van der Waals surface area contributed by atoms with Gasteiger partial charge in [0.15, 0.2) is 0 Å². The number of hydrogen-bond donors (Lipinski definition) is 2. The van der Waals surface area contributed by atoms with Crippen molar-refractivity contribution in [2.75, 3.05) is 0 Å². The lowest BCUT2D eigenvalue weighted by molar-refractivity contribution is -0.137. The summed E-state index contributed by atoms with van der Waals surface area (Å²) in [7, 11) is 0. The molecule has 1 aromatic rings. The van der Waals surface area contributed by atoms with Gasteiger partial charge in [-0.15, -0.1) is 0 Å². The van der Waals surface area contributed by atoms with Gasteiger partial charge < -0.3 is 14.9 Å². The number of carbonyl (C=O) groups is 1. The molecule has 4 nitrogen and oxygen atoms in total. The number of hydrogen-bond acceptors (Lipinski definition) is 3. The predicted octanol–water partition coefficient (Wildman–Crippen LogP) is 1.83. The molecule has 0 unspecified atom stereocenters. The Labute approximate surface area is 83.7 Å². The fourth-order valence-electron chi connectivity index (χ4n) is 0.972. The summed E-state index contributed by atoms with van der Waals surface area (Å²) < 4.78 is 27.3. The van der Waals surface area contributed by atoms with Crippen molar-refractivity contribution in [3.8, 4) is 5.75 Å². The first kappa shape index (κ1) is 11.4. The Balaban J connectivity index is 2.79. The second-order valence-electron chi connectivity index (χ2n) is 2.72. The van der Waals surface area contributed by atoms with Crippen LogP contribution >= 0.6 is 0 Å². The maximum absolute atomic E-state index is 11.7. The van der Waals surface area contributed by atoms with Gasteiger partial charge in [0.05, 0.1) is 12.2 Å². The number of aromatic carboxylic acids is 1. The van der Waals surface area contributed by atoms with Gasteiger partial charge in [0.1, 0.15) is 5.75 Å². The van der Waals surface area contributed by atoms with Crippen LogP contribution in [0.15, 0.2) is 18.2 Å². The van der Waals surface area contributed by atoms with Crippen LogP contribution in [0.1, 0.15) is 15.9 Å². The zero-order valence-corrected chi connectivity index (χ0v) is 7.48. The van der Waals surface area contributed by atoms with E-state index in [2.05, 4.69) is 4.74 Å². The van der Waals surface area contributed by atoms with Crippen molar-refractivity contribution >= 4 is 5.97 Å². The van der Waals surface area contributed by atoms with E-state index >= 15 is 0 Å². The highest BCUT2D eigenvalue weighted by atomic mass is 19.3. The van der Waals surface area contributed by atoms with Gasteiger partial charge in [-0.3, -0.25) is 0 Å². The zero-order valence-electron chi connectivity index (χ0n) is 7.48. The minimum atomic E-state index is -2.93. The van der Waals surface area contributed by atoms with Gasteiger partial charge in [0.2, 0.25) is 0 Å². The minimum Gasteiger partial charge on any atom is -0.508 e. The van der Waals surface area contributed by atoms with Crippen LogP contribution in [0.2, 0.25) is 0 Å². The van der Waals surface area contributed by atoms with Gasteiger partial charge in [-0.2, -0.15) is 8.78 Å². The lowest BCUT2D eigenvalue weighted by atomic mass is 10.1. The molecule has 0 atom stereocenters. The van der Waals surface area contributed by atoms with E-state index in [-0.39, 0.29) is 16.9 Å². The number of phenols is 1. The quantitative estimate of drug-likeness (QED) is 0.808. The number of benzene rings is 1. The second kappa shape index (κ2) is 4.70. The lowest BCUT2D eigenvalue weighted by Crippen LogP contribution is -2.01. The molecule has 0 saturated heterocycles. The Kier molecular flexibility index (Phi) is 3.56. The Bertz CT molecular complexity index is 365. The first-order valence-corrected chi connectivity index (χ1v) is 3.95. The Morgan fingerprint density at radius 2 is 2.13 bits per heavy atom. The number of carboxylic acids is 1. The minimum absolute atomic E-state index is 0.111. The van der Waals surface area contributed by atoms with Crippen LogP contribution in [0.5, 0.6) is 5.75 Å². The van der Waals surface area contributed by atoms with E-state index < -0.39 is 19.2 Å². The molecule has 1 aromatic carbocycles. The molecule has 0 amide bonds. The SMILES string of the molecule is O=C(O)c1ccc(COC(F)F)c(O)c1. The van der Waals surface area contributed by atoms with Gasteiger partial charge in [0.25, 0.3) is 0 Å². The average Bonchev–Trinajstić information content (AvgIpc) is 2.15. The molecule has 0 aliphatic heterocycles. The van der Waals surface area contributed by atoms with E-state index in [0.29, 0.717) is 0 Å². The van der Waals surface area contributed by atoms with E-state index in [1.54, 1.807) is 0 Å². The van der Waals surface area contributed by atoms with Crippen molar-refractivity contribution in [3.63, 3.8) is 0 Å². The third kappa shape index (κ3) is 3.17. The van der Waals surface area contributed by atoms with Crippen LogP contribution in [-0.4, -0.2) is 22.8 Å². The standard InChI is InChI=1S/C9H8F2O4/c10-9(11)15-4-6-2-1-5(8(13)14)3-7(6)12/h1-3,9,12H,4H2,(H,13,14). The molecule has 0 aliphatic rings. The van der Waals surface area contributed by atoms with E-state index in [9.17, 15) is 18.7 Å². The number of aromatic hydroxyl groups is 1. The summed E-state index contributed by atoms with van der Waals surface area (Å²) in [6.07, 6.45) is 0. The van der Waals surface area contributed by atoms with Gasteiger partial charge in [-0.05, 0) is 12.1 Å². The summed E-state index contributed by atoms with van der Waals surface area (Å²) in [4.78, 5) is 10.5. The van der Waals surface area contributed by atoms with Crippen LogP contribution in [-0.2, 0) is 11.3 Å². The van der Waals surface area contributed by atoms with Gasteiger partial charge in [-0.1, -0.05) is 6.07 Å². The maximum Gasteiger partial charge on any atom is 0.345 e. The Morgan fingerprint density at radius 3 is 2.60 bits per heavy atom. The van der Waals surface area contributed by atoms with Crippen molar-refractivity contribution < 1.29 is 28.5 Å². The van der Waals surface area contributed by atoms with Crippen molar-refractivity contribution in [3.05, 3.63) is 29.3 Å². The predicted molar refractivity (Wildman–Crippen MR) is 45.9 cm³/mol. The lowest BCUT2D eigenvalue weighted by Gasteiger charge is -2.05. The van der Waals surface area contributed by atoms with Crippen LogP contribution in [0.25, 0.3) is 0 Å². The topological polar surface area (TPSA) is 66.8 Å². The number of alkyl halides is 2. The normalized spacial score (nSPS) is 10.6. The molecule has 0 aliphatic carbocycles. The van der Waals surface area contributed by atoms with Crippen LogP contribution in [0.3, 0.4) is 0 Å². The van der Waals surface area contributed by atoms with Crippen molar-refractivity contribution in [1.29, 1.82) is 0 Å². The van der Waals surface area contributed by atoms with Gasteiger partial charge in [0, 0.05) is 5.56 Å². The van der Waals surface area contributed by atoms with E-state index in [4.69, 9.17) is 5.11 Å². The largest absolute Gasteiger partial charge is 0.508 e. The van der Waals surface area contributed by atoms with Crippen LogP contribution in [0.4, 0.5) is 8.78 Å². The molecular formula is C9H8F2O4. The molecule has 0 radical (unpaired) electrons. The highest BCUT2D eigenvalue weighted by Gasteiger charge is 2.09. The fraction of sp³-hybridized carbons (Fsp3) is 0.222. The highest BCUT2D eigenvalue weighted by Crippen LogP contribution is 2.20. The monoisotopic (exact) mass is 218 g/mol. The Morgan fingerprint density at radius 1 is 1.47 bits per heavy atom. The molecule has 0 bridgehead atoms. The van der Waals surface area contributed by atoms with Crippen molar-refractivity contribution in [2.45, 2.75) is 13.2 Å². The smallest absolute Gasteiger partial charge is 0.345 e. The summed E-state index contributed by atoms with van der Waals surface area (Å²) in [6, 6.07) is 3.40. The third-order valence-electron chi connectivity index (χ3n) is 1.70. The zero-order chi connectivity index (χ0) is 11.4. The van der Waals surface area contributed by atoms with E-state index in [1.165, 1.54) is 12.1 Å². The van der Waals surface area contributed by atoms with Gasteiger partial charge in [-0.25, -0.2) is 4.79 Å². The number of halogens is 2. The average molecular weight is 218 g/mol. The summed E-state index contributed by atoms with van der Waals surface area (Å²) in [5, 5.41) is 17.8. The first-order chi connectivity index (χ1) is 7.00. The molecule has 6 heteroatoms. The molecule has 2 N–H and O–H groups in total. The van der Waals surface area contributed by atoms with E-state index in [0.717, 1.165) is 6.07 Å². The summed E-state index contributed by atoms with van der Waals surface area (Å²) in [5.41, 5.74) is -0.00593. The molecule has 0 aromatic heterocycles. The molecule has 0 fully saturated rings. The molecule has 1 rings (SSSR count). The second-order valence-corrected chi connectivity index (χ2v) is 2.72. The Hall–Kier alpha value is -1.69. The molecular weight excluding hydrogens is 210 g/mol. The molecule has 0 saturated carbocycles. The first-order valence-electron chi connectivity index (χ1n) is 3.95. The molecule has 0 heterocycles. The number of carboxylic acid groups (broad SMARTS) is 1. The summed E-state index contributed by atoms with van der Waals surface area (Å²) in [6.45, 7) is -3.40. The summed E-state index contributed by atoms with van der Waals surface area (Å²) in [5.74, 6) is -1.58. The number of phenolic OH excluding ortho intramolecular Hbond substituents is 1. The number of ether oxygens (including phenoxy) is 1. The number of rotatable bonds is 4. The molecule has 15 heavy (non-hydrogen) atoms.